The topological polar surface area (TPSA) is 68.0 Å². The molecule has 2 aromatic heterocycles. The fourth-order valence-corrected chi connectivity index (χ4v) is 3.17. The van der Waals surface area contributed by atoms with Gasteiger partial charge in [-0.15, -0.1) is 0 Å². The van der Waals surface area contributed by atoms with Crippen LogP contribution in [0.3, 0.4) is 0 Å². The normalized spacial score (nSPS) is 14.3. The second-order valence-corrected chi connectivity index (χ2v) is 6.75. The number of aromatic nitrogens is 3. The first kappa shape index (κ1) is 16.9. The van der Waals surface area contributed by atoms with Crippen LogP contribution in [0.5, 0.6) is 0 Å². The van der Waals surface area contributed by atoms with Gasteiger partial charge in [0.25, 0.3) is 6.43 Å². The first-order valence-corrected chi connectivity index (χ1v) is 8.49. The predicted octanol–water partition coefficient (Wildman–Crippen LogP) is 4.65. The molecule has 5 nitrogen and oxygen atoms in total. The summed E-state index contributed by atoms with van der Waals surface area (Å²) in [6.45, 7) is -0.428. The molecule has 4 rings (SSSR count). The Morgan fingerprint density at radius 3 is 2.58 bits per heavy atom. The highest BCUT2D eigenvalue weighted by Crippen LogP contribution is 2.45. The van der Waals surface area contributed by atoms with E-state index >= 15 is 0 Å². The zero-order chi connectivity index (χ0) is 18.4. The van der Waals surface area contributed by atoms with Gasteiger partial charge in [0.15, 0.2) is 5.65 Å². The molecule has 0 amide bonds. The number of benzene rings is 1. The van der Waals surface area contributed by atoms with Crippen LogP contribution in [0, 0.1) is 0 Å². The van der Waals surface area contributed by atoms with E-state index in [4.69, 9.17) is 16.7 Å². The molecule has 1 aromatic carbocycles. The van der Waals surface area contributed by atoms with E-state index in [2.05, 4.69) is 10.1 Å². The van der Waals surface area contributed by atoms with Crippen LogP contribution in [-0.4, -0.2) is 25.8 Å². The molecule has 8 heteroatoms. The Morgan fingerprint density at radius 1 is 1.31 bits per heavy atom. The molecule has 1 fully saturated rings. The summed E-state index contributed by atoms with van der Waals surface area (Å²) in [5.41, 5.74) is 1.48. The summed E-state index contributed by atoms with van der Waals surface area (Å²) in [7, 11) is 0. The minimum Gasteiger partial charge on any atom is -0.480 e. The van der Waals surface area contributed by atoms with Crippen molar-refractivity contribution in [3.63, 3.8) is 0 Å². The summed E-state index contributed by atoms with van der Waals surface area (Å²) in [6, 6.07) is 8.02. The number of hydrogen-bond acceptors (Lipinski definition) is 3. The average Bonchev–Trinajstić information content (AvgIpc) is 3.38. The molecule has 1 aliphatic rings. The summed E-state index contributed by atoms with van der Waals surface area (Å²) < 4.78 is 28.8. The zero-order valence-electron chi connectivity index (χ0n) is 13.5. The van der Waals surface area contributed by atoms with E-state index in [9.17, 15) is 13.6 Å². The van der Waals surface area contributed by atoms with Crippen LogP contribution in [0.15, 0.2) is 30.3 Å². The number of carboxylic acids is 1. The molecule has 3 aromatic rings. The third kappa shape index (κ3) is 3.03. The van der Waals surface area contributed by atoms with Gasteiger partial charge in [-0.2, -0.15) is 5.10 Å². The van der Waals surface area contributed by atoms with E-state index in [1.807, 2.05) is 0 Å². The fraction of sp³-hybridized carbons (Fsp3) is 0.278. The highest BCUT2D eigenvalue weighted by Gasteiger charge is 2.32. The number of pyridine rings is 1. The smallest absolute Gasteiger partial charge is 0.325 e. The Labute approximate surface area is 152 Å². The van der Waals surface area contributed by atoms with Gasteiger partial charge in [-0.05, 0) is 31.0 Å². The van der Waals surface area contributed by atoms with Gasteiger partial charge in [0, 0.05) is 22.1 Å². The molecule has 1 N–H and O–H groups in total. The number of nitrogens with zero attached hydrogens (tertiary/aromatic N) is 3. The van der Waals surface area contributed by atoms with Gasteiger partial charge in [0.1, 0.15) is 6.54 Å². The van der Waals surface area contributed by atoms with Crippen molar-refractivity contribution < 1.29 is 18.7 Å². The van der Waals surface area contributed by atoms with Crippen molar-refractivity contribution >= 4 is 28.6 Å². The predicted molar refractivity (Wildman–Crippen MR) is 92.5 cm³/mol. The number of rotatable bonds is 5. The van der Waals surface area contributed by atoms with Crippen LogP contribution in [-0.2, 0) is 11.3 Å². The van der Waals surface area contributed by atoms with Crippen molar-refractivity contribution in [3.8, 4) is 11.3 Å². The zero-order valence-corrected chi connectivity index (χ0v) is 14.2. The van der Waals surface area contributed by atoms with E-state index in [0.717, 1.165) is 12.8 Å². The van der Waals surface area contributed by atoms with E-state index in [0.29, 0.717) is 22.0 Å². The van der Waals surface area contributed by atoms with Gasteiger partial charge in [0.2, 0.25) is 0 Å². The number of hydrogen-bond donors (Lipinski definition) is 1. The van der Waals surface area contributed by atoms with Crippen LogP contribution >= 0.6 is 11.6 Å². The molecule has 0 saturated heterocycles. The molecule has 0 bridgehead atoms. The molecular weight excluding hydrogens is 364 g/mol. The molecule has 26 heavy (non-hydrogen) atoms. The van der Waals surface area contributed by atoms with Crippen molar-refractivity contribution in [2.45, 2.75) is 31.7 Å². The minimum absolute atomic E-state index is 0.0910. The SMILES string of the molecule is O=C(O)Cn1nc(C2CC2)c2c(C(F)F)cc(-c3ccc(Cl)cc3)nc21. The Balaban J connectivity index is 1.98. The van der Waals surface area contributed by atoms with Crippen molar-refractivity contribution in [3.05, 3.63) is 46.6 Å². The molecule has 1 aliphatic carbocycles. The maximum Gasteiger partial charge on any atom is 0.325 e. The van der Waals surface area contributed by atoms with Crippen molar-refractivity contribution in [1.29, 1.82) is 0 Å². The summed E-state index contributed by atoms with van der Waals surface area (Å²) in [5.74, 6) is -1.01. The lowest BCUT2D eigenvalue weighted by atomic mass is 10.0. The van der Waals surface area contributed by atoms with Crippen molar-refractivity contribution in [2.24, 2.45) is 0 Å². The molecule has 0 unspecified atom stereocenters. The molecule has 0 aliphatic heterocycles. The van der Waals surface area contributed by atoms with Gasteiger partial charge in [-0.3, -0.25) is 4.79 Å². The molecule has 134 valence electrons. The summed E-state index contributed by atoms with van der Waals surface area (Å²) in [5, 5.41) is 14.2. The molecule has 0 atom stereocenters. The lowest BCUT2D eigenvalue weighted by molar-refractivity contribution is -0.137. The number of fused-ring (bicyclic) bond motifs is 1. The summed E-state index contributed by atoms with van der Waals surface area (Å²) in [6.07, 6.45) is -0.992. The second-order valence-electron chi connectivity index (χ2n) is 6.31. The molecular formula is C18H14ClF2N3O2. The van der Waals surface area contributed by atoms with Crippen LogP contribution < -0.4 is 0 Å². The Bertz CT molecular complexity index is 998. The van der Waals surface area contributed by atoms with Gasteiger partial charge in [0.05, 0.1) is 16.8 Å². The van der Waals surface area contributed by atoms with Crippen molar-refractivity contribution in [2.75, 3.05) is 0 Å². The summed E-state index contributed by atoms with van der Waals surface area (Å²) >= 11 is 5.88. The maximum atomic E-state index is 13.8. The standard InChI is InChI=1S/C18H14ClF2N3O2/c19-11-5-3-9(4-6-11)13-7-12(17(20)21)15-16(10-1-2-10)23-24(8-14(25)26)18(15)22-13/h3-7,10,17H,1-2,8H2,(H,25,26). The van der Waals surface area contributed by atoms with Gasteiger partial charge >= 0.3 is 5.97 Å². The third-order valence-electron chi connectivity index (χ3n) is 4.38. The van der Waals surface area contributed by atoms with Crippen LogP contribution in [0.2, 0.25) is 5.02 Å². The maximum absolute atomic E-state index is 13.8. The largest absolute Gasteiger partial charge is 0.480 e. The Morgan fingerprint density at radius 2 is 2.00 bits per heavy atom. The van der Waals surface area contributed by atoms with Crippen LogP contribution in [0.1, 0.15) is 36.4 Å². The van der Waals surface area contributed by atoms with E-state index in [-0.39, 0.29) is 22.5 Å². The van der Waals surface area contributed by atoms with Gasteiger partial charge in [-0.1, -0.05) is 23.7 Å². The van der Waals surface area contributed by atoms with E-state index < -0.39 is 18.9 Å². The van der Waals surface area contributed by atoms with E-state index in [1.165, 1.54) is 10.7 Å². The first-order valence-electron chi connectivity index (χ1n) is 8.11. The van der Waals surface area contributed by atoms with Crippen molar-refractivity contribution in [1.82, 2.24) is 14.8 Å². The highest BCUT2D eigenvalue weighted by molar-refractivity contribution is 6.30. The Kier molecular flexibility index (Phi) is 4.11. The van der Waals surface area contributed by atoms with E-state index in [1.54, 1.807) is 24.3 Å². The third-order valence-corrected chi connectivity index (χ3v) is 4.64. The van der Waals surface area contributed by atoms with Crippen LogP contribution in [0.4, 0.5) is 8.78 Å². The second kappa shape index (κ2) is 6.32. The highest BCUT2D eigenvalue weighted by atomic mass is 35.5. The minimum atomic E-state index is -2.72. The quantitative estimate of drug-likeness (QED) is 0.702. The molecule has 1 saturated carbocycles. The van der Waals surface area contributed by atoms with Crippen LogP contribution in [0.25, 0.3) is 22.3 Å². The first-order chi connectivity index (χ1) is 12.4. The fourth-order valence-electron chi connectivity index (χ4n) is 3.05. The average molecular weight is 378 g/mol. The number of carbonyl (C=O) groups is 1. The number of carboxylic acid groups (broad SMARTS) is 1. The number of alkyl halides is 2. The molecule has 0 radical (unpaired) electrons. The molecule has 0 spiro atoms. The number of aliphatic carboxylic acids is 1. The molecule has 2 heterocycles. The summed E-state index contributed by atoms with van der Waals surface area (Å²) in [4.78, 5) is 15.6. The Hall–Kier alpha value is -2.54. The van der Waals surface area contributed by atoms with Gasteiger partial charge in [-0.25, -0.2) is 18.4 Å². The van der Waals surface area contributed by atoms with Gasteiger partial charge < -0.3 is 5.11 Å². The lowest BCUT2D eigenvalue weighted by Gasteiger charge is -2.08. The monoisotopic (exact) mass is 377 g/mol. The lowest BCUT2D eigenvalue weighted by Crippen LogP contribution is -2.11. The number of halogens is 3.